The van der Waals surface area contributed by atoms with Crippen LogP contribution in [0.3, 0.4) is 0 Å². The van der Waals surface area contributed by atoms with Gasteiger partial charge in [0.25, 0.3) is 0 Å². The zero-order valence-corrected chi connectivity index (χ0v) is 13.1. The van der Waals surface area contributed by atoms with Gasteiger partial charge >= 0.3 is 0 Å². The van der Waals surface area contributed by atoms with E-state index in [1.165, 1.54) is 11.1 Å². The van der Waals surface area contributed by atoms with E-state index in [0.717, 1.165) is 24.9 Å². The number of aromatic nitrogens is 1. The van der Waals surface area contributed by atoms with E-state index in [1.54, 1.807) is 13.3 Å². The number of hydrogen-bond donors (Lipinski definition) is 1. The quantitative estimate of drug-likeness (QED) is 0.841. The fraction of sp³-hybridized carbons (Fsp3) is 0.389. The van der Waals surface area contributed by atoms with Gasteiger partial charge in [-0.25, -0.2) is 4.98 Å². The molecule has 0 aliphatic heterocycles. The van der Waals surface area contributed by atoms with E-state index in [4.69, 9.17) is 4.74 Å². The largest absolute Gasteiger partial charge is 0.481 e. The van der Waals surface area contributed by atoms with Gasteiger partial charge in [0.1, 0.15) is 0 Å². The van der Waals surface area contributed by atoms with Crippen LogP contribution in [0.25, 0.3) is 0 Å². The molecule has 2 rings (SSSR count). The summed E-state index contributed by atoms with van der Waals surface area (Å²) in [6.07, 6.45) is 4.03. The molecule has 21 heavy (non-hydrogen) atoms. The molecule has 1 unspecified atom stereocenters. The van der Waals surface area contributed by atoms with Crippen molar-refractivity contribution < 1.29 is 4.74 Å². The third-order valence-corrected chi connectivity index (χ3v) is 3.54. The van der Waals surface area contributed by atoms with E-state index >= 15 is 0 Å². The Kier molecular flexibility index (Phi) is 5.76. The van der Waals surface area contributed by atoms with Crippen LogP contribution in [0.1, 0.15) is 43.0 Å². The molecular formula is C18H24N2O. The number of ether oxygens (including phenoxy) is 1. The Hall–Kier alpha value is -1.87. The van der Waals surface area contributed by atoms with Gasteiger partial charge < -0.3 is 10.1 Å². The van der Waals surface area contributed by atoms with Crippen molar-refractivity contribution in [1.29, 1.82) is 0 Å². The summed E-state index contributed by atoms with van der Waals surface area (Å²) in [5, 5.41) is 3.54. The fourth-order valence-corrected chi connectivity index (χ4v) is 2.62. The SMILES string of the molecule is CCCc1cccc(C(NCC)c2cccnc2OC)c1. The first kappa shape index (κ1) is 15.5. The van der Waals surface area contributed by atoms with Gasteiger partial charge in [-0.3, -0.25) is 0 Å². The Labute approximate surface area is 127 Å². The van der Waals surface area contributed by atoms with Crippen molar-refractivity contribution in [3.63, 3.8) is 0 Å². The highest BCUT2D eigenvalue weighted by molar-refractivity contribution is 5.38. The summed E-state index contributed by atoms with van der Waals surface area (Å²) in [4.78, 5) is 4.32. The first-order valence-electron chi connectivity index (χ1n) is 7.61. The molecule has 0 spiro atoms. The monoisotopic (exact) mass is 284 g/mol. The van der Waals surface area contributed by atoms with Gasteiger partial charge in [-0.2, -0.15) is 0 Å². The fourth-order valence-electron chi connectivity index (χ4n) is 2.62. The minimum absolute atomic E-state index is 0.107. The first-order chi connectivity index (χ1) is 10.3. The zero-order chi connectivity index (χ0) is 15.1. The molecule has 0 amide bonds. The van der Waals surface area contributed by atoms with Crippen LogP contribution in [-0.4, -0.2) is 18.6 Å². The lowest BCUT2D eigenvalue weighted by atomic mass is 9.96. The van der Waals surface area contributed by atoms with Gasteiger partial charge in [0, 0.05) is 11.8 Å². The van der Waals surface area contributed by atoms with Crippen molar-refractivity contribution in [3.8, 4) is 5.88 Å². The molecule has 1 N–H and O–H groups in total. The number of hydrogen-bond acceptors (Lipinski definition) is 3. The first-order valence-corrected chi connectivity index (χ1v) is 7.61. The topological polar surface area (TPSA) is 34.2 Å². The maximum absolute atomic E-state index is 5.42. The Morgan fingerprint density at radius 1 is 1.19 bits per heavy atom. The molecule has 2 aromatic rings. The second-order valence-corrected chi connectivity index (χ2v) is 5.09. The van der Waals surface area contributed by atoms with Crippen LogP contribution in [0.15, 0.2) is 42.6 Å². The molecular weight excluding hydrogens is 260 g/mol. The minimum Gasteiger partial charge on any atom is -0.481 e. The molecule has 0 saturated carbocycles. The molecule has 3 nitrogen and oxygen atoms in total. The van der Waals surface area contributed by atoms with Crippen molar-refractivity contribution in [2.75, 3.05) is 13.7 Å². The average Bonchev–Trinajstić information content (AvgIpc) is 2.53. The molecule has 112 valence electrons. The molecule has 0 bridgehead atoms. The third kappa shape index (κ3) is 3.82. The van der Waals surface area contributed by atoms with E-state index in [1.807, 2.05) is 6.07 Å². The summed E-state index contributed by atoms with van der Waals surface area (Å²) < 4.78 is 5.42. The predicted molar refractivity (Wildman–Crippen MR) is 86.7 cm³/mol. The molecule has 0 saturated heterocycles. The highest BCUT2D eigenvalue weighted by Crippen LogP contribution is 2.28. The van der Waals surface area contributed by atoms with E-state index in [2.05, 4.69) is 54.5 Å². The number of nitrogens with one attached hydrogen (secondary N) is 1. The van der Waals surface area contributed by atoms with Gasteiger partial charge in [0.2, 0.25) is 5.88 Å². The smallest absolute Gasteiger partial charge is 0.218 e. The molecule has 0 aliphatic rings. The summed E-state index contributed by atoms with van der Waals surface area (Å²) >= 11 is 0. The van der Waals surface area contributed by atoms with Gasteiger partial charge in [-0.1, -0.05) is 50.6 Å². The van der Waals surface area contributed by atoms with Gasteiger partial charge in [0.15, 0.2) is 0 Å². The summed E-state index contributed by atoms with van der Waals surface area (Å²) in [5.41, 5.74) is 3.71. The van der Waals surface area contributed by atoms with Crippen LogP contribution in [-0.2, 0) is 6.42 Å². The predicted octanol–water partition coefficient (Wildman–Crippen LogP) is 3.74. The highest BCUT2D eigenvalue weighted by atomic mass is 16.5. The van der Waals surface area contributed by atoms with Crippen molar-refractivity contribution in [2.45, 2.75) is 32.7 Å². The van der Waals surface area contributed by atoms with Gasteiger partial charge in [0.05, 0.1) is 13.2 Å². The molecule has 0 radical (unpaired) electrons. The molecule has 3 heteroatoms. The molecule has 1 aromatic heterocycles. The summed E-state index contributed by atoms with van der Waals surface area (Å²) in [5.74, 6) is 0.685. The Morgan fingerprint density at radius 3 is 2.76 bits per heavy atom. The summed E-state index contributed by atoms with van der Waals surface area (Å²) in [6.45, 7) is 5.21. The number of rotatable bonds is 7. The molecule has 1 atom stereocenters. The van der Waals surface area contributed by atoms with E-state index in [0.29, 0.717) is 5.88 Å². The number of pyridine rings is 1. The maximum Gasteiger partial charge on any atom is 0.218 e. The lowest BCUT2D eigenvalue weighted by Gasteiger charge is -2.21. The Bertz CT molecular complexity index is 569. The second kappa shape index (κ2) is 7.79. The Morgan fingerprint density at radius 2 is 2.05 bits per heavy atom. The highest BCUT2D eigenvalue weighted by Gasteiger charge is 2.18. The molecule has 0 aliphatic carbocycles. The standard InChI is InChI=1S/C18H24N2O/c1-4-8-14-9-6-10-15(13-14)17(19-5-2)16-11-7-12-20-18(16)21-3/h6-7,9-13,17,19H,4-5,8H2,1-3H3. The normalized spacial score (nSPS) is 12.1. The van der Waals surface area contributed by atoms with Crippen molar-refractivity contribution in [2.24, 2.45) is 0 Å². The van der Waals surface area contributed by atoms with Crippen LogP contribution in [0.2, 0.25) is 0 Å². The lowest BCUT2D eigenvalue weighted by Crippen LogP contribution is -2.23. The third-order valence-electron chi connectivity index (χ3n) is 3.54. The second-order valence-electron chi connectivity index (χ2n) is 5.09. The van der Waals surface area contributed by atoms with Gasteiger partial charge in [-0.05, 0) is 30.2 Å². The molecule has 1 aromatic carbocycles. The van der Waals surface area contributed by atoms with Crippen LogP contribution in [0, 0.1) is 0 Å². The van der Waals surface area contributed by atoms with Crippen molar-refractivity contribution >= 4 is 0 Å². The summed E-state index contributed by atoms with van der Waals surface area (Å²) in [7, 11) is 1.67. The number of nitrogens with zero attached hydrogens (tertiary/aromatic N) is 1. The van der Waals surface area contributed by atoms with Crippen LogP contribution >= 0.6 is 0 Å². The molecule has 1 heterocycles. The number of aryl methyl sites for hydroxylation is 1. The number of methoxy groups -OCH3 is 1. The van der Waals surface area contributed by atoms with Crippen LogP contribution in [0.5, 0.6) is 5.88 Å². The number of benzene rings is 1. The van der Waals surface area contributed by atoms with Gasteiger partial charge in [-0.15, -0.1) is 0 Å². The van der Waals surface area contributed by atoms with E-state index in [-0.39, 0.29) is 6.04 Å². The Balaban J connectivity index is 2.40. The average molecular weight is 284 g/mol. The van der Waals surface area contributed by atoms with Crippen molar-refractivity contribution in [1.82, 2.24) is 10.3 Å². The maximum atomic E-state index is 5.42. The zero-order valence-electron chi connectivity index (χ0n) is 13.1. The minimum atomic E-state index is 0.107. The lowest BCUT2D eigenvalue weighted by molar-refractivity contribution is 0.387. The molecule has 0 fully saturated rings. The van der Waals surface area contributed by atoms with Crippen LogP contribution < -0.4 is 10.1 Å². The van der Waals surface area contributed by atoms with Crippen molar-refractivity contribution in [3.05, 3.63) is 59.3 Å². The van der Waals surface area contributed by atoms with E-state index in [9.17, 15) is 0 Å². The summed E-state index contributed by atoms with van der Waals surface area (Å²) in [6, 6.07) is 12.9. The van der Waals surface area contributed by atoms with Crippen LogP contribution in [0.4, 0.5) is 0 Å². The van der Waals surface area contributed by atoms with E-state index < -0.39 is 0 Å².